The highest BCUT2D eigenvalue weighted by molar-refractivity contribution is 5.94. The van der Waals surface area contributed by atoms with E-state index < -0.39 is 0 Å². The first-order valence-corrected chi connectivity index (χ1v) is 9.16. The number of rotatable bonds is 6. The number of nitrogens with one attached hydrogen (secondary N) is 1. The molecule has 1 fully saturated rings. The Labute approximate surface area is 157 Å². The Morgan fingerprint density at radius 2 is 1.89 bits per heavy atom. The molecule has 0 aliphatic carbocycles. The van der Waals surface area contributed by atoms with Gasteiger partial charge in [-0.1, -0.05) is 17.3 Å². The molecule has 1 saturated heterocycles. The molecule has 2 aromatic heterocycles. The summed E-state index contributed by atoms with van der Waals surface area (Å²) in [6, 6.07) is 11.6. The van der Waals surface area contributed by atoms with E-state index in [1.54, 1.807) is 12.4 Å². The van der Waals surface area contributed by atoms with Crippen LogP contribution in [0.2, 0.25) is 0 Å². The van der Waals surface area contributed by atoms with Crippen LogP contribution in [-0.2, 0) is 11.2 Å². The van der Waals surface area contributed by atoms with Crippen molar-refractivity contribution in [1.29, 1.82) is 0 Å². The van der Waals surface area contributed by atoms with Crippen molar-refractivity contribution in [3.8, 4) is 11.4 Å². The van der Waals surface area contributed by atoms with Crippen LogP contribution in [0.15, 0.2) is 53.3 Å². The van der Waals surface area contributed by atoms with Gasteiger partial charge in [-0.05, 0) is 37.1 Å². The topological polar surface area (TPSA) is 84.1 Å². The zero-order chi connectivity index (χ0) is 18.5. The van der Waals surface area contributed by atoms with E-state index in [-0.39, 0.29) is 12.3 Å². The van der Waals surface area contributed by atoms with Crippen molar-refractivity contribution in [1.82, 2.24) is 15.1 Å². The quantitative estimate of drug-likeness (QED) is 0.723. The molecule has 0 saturated carbocycles. The van der Waals surface area contributed by atoms with Gasteiger partial charge < -0.3 is 14.7 Å². The van der Waals surface area contributed by atoms with Gasteiger partial charge >= 0.3 is 0 Å². The van der Waals surface area contributed by atoms with Crippen LogP contribution in [0.4, 0.5) is 11.4 Å². The van der Waals surface area contributed by atoms with Crippen LogP contribution in [0, 0.1) is 0 Å². The molecule has 0 bridgehead atoms. The van der Waals surface area contributed by atoms with Crippen LogP contribution >= 0.6 is 0 Å². The first-order chi connectivity index (χ1) is 13.3. The van der Waals surface area contributed by atoms with Crippen LogP contribution in [0.1, 0.15) is 25.2 Å². The molecule has 1 amide bonds. The standard InChI is InChI=1S/C20H21N5O2/c26-18(22-16-5-1-2-6-17(16)25-13-3-4-14-25)7-8-19-23-20(24-27-19)15-9-11-21-12-10-15/h1-2,5-6,9-12H,3-4,7-8,13-14H2,(H,22,26). The Bertz CT molecular complexity index is 904. The average molecular weight is 363 g/mol. The van der Waals surface area contributed by atoms with Crippen LogP contribution in [0.5, 0.6) is 0 Å². The molecule has 1 aromatic carbocycles. The third-order valence-electron chi connectivity index (χ3n) is 4.60. The molecule has 138 valence electrons. The molecular weight excluding hydrogens is 342 g/mol. The summed E-state index contributed by atoms with van der Waals surface area (Å²) in [6.07, 6.45) is 6.42. The maximum absolute atomic E-state index is 12.4. The molecule has 27 heavy (non-hydrogen) atoms. The van der Waals surface area contributed by atoms with Crippen LogP contribution in [-0.4, -0.2) is 34.1 Å². The number of carbonyl (C=O) groups is 1. The van der Waals surface area contributed by atoms with Crippen LogP contribution in [0.25, 0.3) is 11.4 Å². The molecule has 0 radical (unpaired) electrons. The van der Waals surface area contributed by atoms with Gasteiger partial charge in [-0.3, -0.25) is 9.78 Å². The molecule has 3 heterocycles. The monoisotopic (exact) mass is 363 g/mol. The second-order valence-electron chi connectivity index (χ2n) is 6.51. The largest absolute Gasteiger partial charge is 0.370 e. The number of hydrogen-bond donors (Lipinski definition) is 1. The molecule has 0 unspecified atom stereocenters. The Balaban J connectivity index is 1.36. The summed E-state index contributed by atoms with van der Waals surface area (Å²) in [5.41, 5.74) is 2.78. The SMILES string of the molecule is O=C(CCc1nc(-c2ccncc2)no1)Nc1ccccc1N1CCCC1. The van der Waals surface area contributed by atoms with E-state index in [2.05, 4.69) is 31.4 Å². The predicted octanol–water partition coefficient (Wildman–Crippen LogP) is 3.30. The molecule has 7 heteroatoms. The number of carbonyl (C=O) groups excluding carboxylic acids is 1. The Morgan fingerprint density at radius 1 is 1.11 bits per heavy atom. The Morgan fingerprint density at radius 3 is 2.70 bits per heavy atom. The summed E-state index contributed by atoms with van der Waals surface area (Å²) >= 11 is 0. The van der Waals surface area contributed by atoms with Crippen molar-refractivity contribution in [3.63, 3.8) is 0 Å². The fourth-order valence-electron chi connectivity index (χ4n) is 3.22. The van der Waals surface area contributed by atoms with E-state index >= 15 is 0 Å². The normalized spacial score (nSPS) is 13.7. The number of hydrogen-bond acceptors (Lipinski definition) is 6. The fourth-order valence-corrected chi connectivity index (χ4v) is 3.22. The van der Waals surface area contributed by atoms with Crippen molar-refractivity contribution in [3.05, 3.63) is 54.7 Å². The molecule has 4 rings (SSSR count). The van der Waals surface area contributed by atoms with E-state index in [1.807, 2.05) is 30.3 Å². The number of pyridine rings is 1. The Hall–Kier alpha value is -3.22. The summed E-state index contributed by atoms with van der Waals surface area (Å²) in [7, 11) is 0. The summed E-state index contributed by atoms with van der Waals surface area (Å²) in [5.74, 6) is 0.891. The number of nitrogens with zero attached hydrogens (tertiary/aromatic N) is 4. The van der Waals surface area contributed by atoms with Crippen molar-refractivity contribution >= 4 is 17.3 Å². The number of benzene rings is 1. The zero-order valence-corrected chi connectivity index (χ0v) is 15.0. The van der Waals surface area contributed by atoms with Gasteiger partial charge in [0.25, 0.3) is 0 Å². The number of amides is 1. The minimum absolute atomic E-state index is 0.0645. The van der Waals surface area contributed by atoms with Gasteiger partial charge in [0.15, 0.2) is 0 Å². The molecule has 1 N–H and O–H groups in total. The van der Waals surface area contributed by atoms with Gasteiger partial charge in [-0.15, -0.1) is 0 Å². The van der Waals surface area contributed by atoms with E-state index in [0.717, 1.165) is 30.0 Å². The molecule has 1 aliphatic heterocycles. The average Bonchev–Trinajstić information content (AvgIpc) is 3.40. The molecule has 0 atom stereocenters. The Kier molecular flexibility index (Phi) is 5.09. The lowest BCUT2D eigenvalue weighted by atomic mass is 10.2. The maximum atomic E-state index is 12.4. The minimum atomic E-state index is -0.0645. The first-order valence-electron chi connectivity index (χ1n) is 9.16. The number of anilines is 2. The van der Waals surface area contributed by atoms with E-state index in [9.17, 15) is 4.79 Å². The van der Waals surface area contributed by atoms with Gasteiger partial charge in [-0.25, -0.2) is 0 Å². The fraction of sp³-hybridized carbons (Fsp3) is 0.300. The minimum Gasteiger partial charge on any atom is -0.370 e. The molecule has 0 spiro atoms. The highest BCUT2D eigenvalue weighted by Gasteiger charge is 2.17. The lowest BCUT2D eigenvalue weighted by Crippen LogP contribution is -2.21. The van der Waals surface area contributed by atoms with Gasteiger partial charge in [0, 0.05) is 43.9 Å². The van der Waals surface area contributed by atoms with Crippen molar-refractivity contribution in [2.45, 2.75) is 25.7 Å². The van der Waals surface area contributed by atoms with E-state index in [4.69, 9.17) is 4.52 Å². The third-order valence-corrected chi connectivity index (χ3v) is 4.60. The molecular formula is C20H21N5O2. The van der Waals surface area contributed by atoms with Gasteiger partial charge in [0.05, 0.1) is 11.4 Å². The third kappa shape index (κ3) is 4.13. The van der Waals surface area contributed by atoms with Crippen molar-refractivity contribution in [2.24, 2.45) is 0 Å². The molecule has 3 aromatic rings. The maximum Gasteiger partial charge on any atom is 0.227 e. The number of aryl methyl sites for hydroxylation is 1. The zero-order valence-electron chi connectivity index (χ0n) is 15.0. The van der Waals surface area contributed by atoms with Gasteiger partial charge in [-0.2, -0.15) is 4.98 Å². The van der Waals surface area contributed by atoms with Crippen molar-refractivity contribution in [2.75, 3.05) is 23.3 Å². The summed E-state index contributed by atoms with van der Waals surface area (Å²) in [4.78, 5) is 23.0. The number of para-hydroxylation sites is 2. The van der Waals surface area contributed by atoms with E-state index in [1.165, 1.54) is 12.8 Å². The first kappa shape index (κ1) is 17.2. The molecule has 1 aliphatic rings. The van der Waals surface area contributed by atoms with Crippen LogP contribution in [0.3, 0.4) is 0 Å². The predicted molar refractivity (Wildman–Crippen MR) is 102 cm³/mol. The highest BCUT2D eigenvalue weighted by atomic mass is 16.5. The van der Waals surface area contributed by atoms with E-state index in [0.29, 0.717) is 18.1 Å². The summed E-state index contributed by atoms with van der Waals surface area (Å²) in [6.45, 7) is 2.07. The lowest BCUT2D eigenvalue weighted by molar-refractivity contribution is -0.116. The van der Waals surface area contributed by atoms with Crippen molar-refractivity contribution < 1.29 is 9.32 Å². The van der Waals surface area contributed by atoms with Crippen LogP contribution < -0.4 is 10.2 Å². The molecule has 7 nitrogen and oxygen atoms in total. The summed E-state index contributed by atoms with van der Waals surface area (Å²) in [5, 5.41) is 6.98. The lowest BCUT2D eigenvalue weighted by Gasteiger charge is -2.21. The highest BCUT2D eigenvalue weighted by Crippen LogP contribution is 2.28. The second-order valence-corrected chi connectivity index (χ2v) is 6.51. The summed E-state index contributed by atoms with van der Waals surface area (Å²) < 4.78 is 5.25. The number of aromatic nitrogens is 3. The second kappa shape index (κ2) is 7.99. The van der Waals surface area contributed by atoms with Gasteiger partial charge in [0.1, 0.15) is 0 Å². The van der Waals surface area contributed by atoms with Gasteiger partial charge in [0.2, 0.25) is 17.6 Å². The smallest absolute Gasteiger partial charge is 0.227 e.